The normalized spacial score (nSPS) is 26.1. The molecule has 0 unspecified atom stereocenters. The number of aromatic nitrogens is 2. The van der Waals surface area contributed by atoms with Crippen molar-refractivity contribution in [3.8, 4) is 0 Å². The lowest BCUT2D eigenvalue weighted by molar-refractivity contribution is -0.138. The maximum atomic E-state index is 13.7. The molecular weight excluding hydrogens is 514 g/mol. The quantitative estimate of drug-likeness (QED) is 0.465. The molecule has 2 saturated heterocycles. The van der Waals surface area contributed by atoms with Crippen LogP contribution in [0.4, 0.5) is 13.6 Å². The first-order valence-corrected chi connectivity index (χ1v) is 15.1. The van der Waals surface area contributed by atoms with Crippen LogP contribution in [0.15, 0.2) is 4.52 Å². The second-order valence-corrected chi connectivity index (χ2v) is 13.6. The molecule has 11 heteroatoms. The van der Waals surface area contributed by atoms with E-state index in [1.54, 1.807) is 16.7 Å². The van der Waals surface area contributed by atoms with Crippen LogP contribution >= 0.6 is 11.8 Å². The van der Waals surface area contributed by atoms with Gasteiger partial charge in [-0.1, -0.05) is 19.0 Å². The lowest BCUT2D eigenvalue weighted by atomic mass is 9.69. The summed E-state index contributed by atoms with van der Waals surface area (Å²) in [4.78, 5) is 34.8. The number of carbonyl (C=O) groups excluding carboxylic acids is 2. The molecule has 3 aliphatic rings. The summed E-state index contributed by atoms with van der Waals surface area (Å²) in [5, 5.41) is 4.52. The number of alkyl halides is 2. The third kappa shape index (κ3) is 6.12. The van der Waals surface area contributed by atoms with E-state index in [2.05, 4.69) is 19.0 Å². The van der Waals surface area contributed by atoms with Gasteiger partial charge in [-0.2, -0.15) is 16.7 Å². The average Bonchev–Trinajstić information content (AvgIpc) is 3.51. The van der Waals surface area contributed by atoms with Crippen LogP contribution in [-0.2, 0) is 14.9 Å². The second-order valence-electron chi connectivity index (χ2n) is 12.5. The van der Waals surface area contributed by atoms with E-state index in [-0.39, 0.29) is 41.2 Å². The molecule has 1 aromatic heterocycles. The molecule has 2 atom stereocenters. The standard InChI is InChI=1S/C27H42F2N4O4S/c1-17(2)26(23-30-21(37-31-23)18-7-9-27(28,29)10-8-18)11-13-32(14-12-26)22(34)20-15-19(38-6)16-33(20)24(35)36-25(3,4)5/h17-20H,7-16H2,1-6H3/t19-,20-/m0/s1. The zero-order valence-corrected chi connectivity index (χ0v) is 24.3. The SMILES string of the molecule is CS[C@H]1C[C@@H](C(=O)N2CCC(c3noc(C4CCC(F)(F)CC4)n3)(C(C)C)CC2)N(C(=O)OC(C)(C)C)C1. The van der Waals surface area contributed by atoms with Gasteiger partial charge in [-0.05, 0) is 65.0 Å². The fraction of sp³-hybridized carbons (Fsp3) is 0.852. The highest BCUT2D eigenvalue weighted by molar-refractivity contribution is 7.99. The first-order valence-electron chi connectivity index (χ1n) is 13.8. The van der Waals surface area contributed by atoms with Gasteiger partial charge in [-0.25, -0.2) is 13.6 Å². The second kappa shape index (κ2) is 10.9. The number of ether oxygens (including phenoxy) is 1. The molecule has 1 saturated carbocycles. The van der Waals surface area contributed by atoms with E-state index in [9.17, 15) is 18.4 Å². The number of amides is 2. The molecule has 8 nitrogen and oxygen atoms in total. The molecule has 0 spiro atoms. The number of rotatable bonds is 5. The molecule has 1 aliphatic carbocycles. The Morgan fingerprint density at radius 1 is 1.13 bits per heavy atom. The minimum Gasteiger partial charge on any atom is -0.444 e. The van der Waals surface area contributed by atoms with Gasteiger partial charge in [0.15, 0.2) is 5.82 Å². The third-order valence-electron chi connectivity index (χ3n) is 8.54. The first-order chi connectivity index (χ1) is 17.7. The Morgan fingerprint density at radius 2 is 1.76 bits per heavy atom. The van der Waals surface area contributed by atoms with Crippen molar-refractivity contribution in [2.75, 3.05) is 25.9 Å². The van der Waals surface area contributed by atoms with Gasteiger partial charge in [0.2, 0.25) is 17.7 Å². The maximum absolute atomic E-state index is 13.7. The van der Waals surface area contributed by atoms with Crippen LogP contribution in [-0.4, -0.2) is 80.6 Å². The van der Waals surface area contributed by atoms with E-state index in [0.717, 1.165) is 0 Å². The number of piperidine rings is 1. The van der Waals surface area contributed by atoms with Crippen molar-refractivity contribution in [2.24, 2.45) is 5.92 Å². The number of hydrogen-bond donors (Lipinski definition) is 0. The van der Waals surface area contributed by atoms with Gasteiger partial charge in [-0.15, -0.1) is 0 Å². The van der Waals surface area contributed by atoms with Crippen molar-refractivity contribution in [1.29, 1.82) is 0 Å². The molecule has 2 amide bonds. The minimum absolute atomic E-state index is 0.0401. The highest BCUT2D eigenvalue weighted by atomic mass is 32.2. The largest absolute Gasteiger partial charge is 0.444 e. The molecule has 3 heterocycles. The molecule has 2 aliphatic heterocycles. The van der Waals surface area contributed by atoms with Crippen LogP contribution in [0.3, 0.4) is 0 Å². The average molecular weight is 557 g/mol. The Hall–Kier alpha value is -1.91. The topological polar surface area (TPSA) is 88.8 Å². The van der Waals surface area contributed by atoms with Gasteiger partial charge in [-0.3, -0.25) is 9.69 Å². The van der Waals surface area contributed by atoms with Gasteiger partial charge in [0.25, 0.3) is 0 Å². The van der Waals surface area contributed by atoms with Crippen LogP contribution in [0.25, 0.3) is 0 Å². The summed E-state index contributed by atoms with van der Waals surface area (Å²) in [6, 6.07) is -0.532. The number of carbonyl (C=O) groups is 2. The summed E-state index contributed by atoms with van der Waals surface area (Å²) in [6.07, 6.45) is 3.89. The van der Waals surface area contributed by atoms with Gasteiger partial charge < -0.3 is 14.2 Å². The predicted octanol–water partition coefficient (Wildman–Crippen LogP) is 5.62. The molecule has 1 aromatic rings. The summed E-state index contributed by atoms with van der Waals surface area (Å²) in [7, 11) is 0. The van der Waals surface area contributed by atoms with Crippen LogP contribution in [0.2, 0.25) is 0 Å². The van der Waals surface area contributed by atoms with Gasteiger partial charge in [0.05, 0.1) is 0 Å². The minimum atomic E-state index is -2.61. The maximum Gasteiger partial charge on any atom is 0.411 e. The van der Waals surface area contributed by atoms with E-state index >= 15 is 0 Å². The van der Waals surface area contributed by atoms with Crippen molar-refractivity contribution in [1.82, 2.24) is 19.9 Å². The molecular formula is C27H42F2N4O4S. The monoisotopic (exact) mass is 556 g/mol. The zero-order chi connectivity index (χ0) is 27.9. The number of nitrogens with zero attached hydrogens (tertiary/aromatic N) is 4. The molecule has 38 heavy (non-hydrogen) atoms. The van der Waals surface area contributed by atoms with E-state index in [0.29, 0.717) is 63.5 Å². The Bertz CT molecular complexity index is 993. The Kier molecular flexibility index (Phi) is 8.36. The molecule has 0 aromatic carbocycles. The summed E-state index contributed by atoms with van der Waals surface area (Å²) < 4.78 is 38.5. The summed E-state index contributed by atoms with van der Waals surface area (Å²) in [5.74, 6) is -1.51. The van der Waals surface area contributed by atoms with E-state index in [1.165, 1.54) is 0 Å². The smallest absolute Gasteiger partial charge is 0.411 e. The summed E-state index contributed by atoms with van der Waals surface area (Å²) >= 11 is 1.67. The Morgan fingerprint density at radius 3 is 2.32 bits per heavy atom. The van der Waals surface area contributed by atoms with Crippen LogP contribution in [0.5, 0.6) is 0 Å². The van der Waals surface area contributed by atoms with Gasteiger partial charge >= 0.3 is 6.09 Å². The molecule has 4 rings (SSSR count). The van der Waals surface area contributed by atoms with E-state index in [4.69, 9.17) is 14.2 Å². The number of thioether (sulfide) groups is 1. The number of halogens is 2. The number of hydrogen-bond acceptors (Lipinski definition) is 7. The van der Waals surface area contributed by atoms with Crippen molar-refractivity contribution in [2.45, 2.75) is 114 Å². The van der Waals surface area contributed by atoms with E-state index in [1.807, 2.05) is 31.9 Å². The lowest BCUT2D eigenvalue weighted by Gasteiger charge is -2.43. The Balaban J connectivity index is 1.44. The lowest BCUT2D eigenvalue weighted by Crippen LogP contribution is -2.54. The summed E-state index contributed by atoms with van der Waals surface area (Å²) in [5.41, 5.74) is -0.995. The van der Waals surface area contributed by atoms with Crippen molar-refractivity contribution in [3.05, 3.63) is 11.7 Å². The summed E-state index contributed by atoms with van der Waals surface area (Å²) in [6.45, 7) is 11.3. The molecule has 3 fully saturated rings. The van der Waals surface area contributed by atoms with Crippen LogP contribution in [0, 0.1) is 5.92 Å². The van der Waals surface area contributed by atoms with Crippen LogP contribution < -0.4 is 0 Å². The van der Waals surface area contributed by atoms with Crippen molar-refractivity contribution >= 4 is 23.8 Å². The zero-order valence-electron chi connectivity index (χ0n) is 23.5. The third-order valence-corrected chi connectivity index (χ3v) is 9.54. The van der Waals surface area contributed by atoms with Crippen LogP contribution in [0.1, 0.15) is 97.2 Å². The molecule has 0 radical (unpaired) electrons. The number of likely N-dealkylation sites (tertiary alicyclic amines) is 2. The molecule has 214 valence electrons. The highest BCUT2D eigenvalue weighted by Crippen LogP contribution is 2.44. The van der Waals surface area contributed by atoms with Crippen molar-refractivity contribution < 1.29 is 27.6 Å². The van der Waals surface area contributed by atoms with Crippen molar-refractivity contribution in [3.63, 3.8) is 0 Å². The molecule has 0 N–H and O–H groups in total. The molecule has 0 bridgehead atoms. The fourth-order valence-electron chi connectivity index (χ4n) is 6.01. The Labute approximate surface area is 228 Å². The van der Waals surface area contributed by atoms with E-state index < -0.39 is 23.7 Å². The first kappa shape index (κ1) is 29.1. The fourth-order valence-corrected chi connectivity index (χ4v) is 6.70. The highest BCUT2D eigenvalue weighted by Gasteiger charge is 2.48. The van der Waals surface area contributed by atoms with Gasteiger partial charge in [0.1, 0.15) is 11.6 Å². The predicted molar refractivity (Wildman–Crippen MR) is 141 cm³/mol. The van der Waals surface area contributed by atoms with Gasteiger partial charge in [0, 0.05) is 49.1 Å².